The van der Waals surface area contributed by atoms with Gasteiger partial charge in [-0.05, 0) is 55.4 Å². The number of benzene rings is 1. The highest BCUT2D eigenvalue weighted by Crippen LogP contribution is 2.33. The van der Waals surface area contributed by atoms with Crippen LogP contribution in [0.4, 0.5) is 4.39 Å². The summed E-state index contributed by atoms with van der Waals surface area (Å²) in [7, 11) is 0. The van der Waals surface area contributed by atoms with E-state index < -0.39 is 0 Å². The van der Waals surface area contributed by atoms with E-state index in [9.17, 15) is 9.18 Å². The Labute approximate surface area is 199 Å². The van der Waals surface area contributed by atoms with E-state index in [1.165, 1.54) is 10.7 Å². The lowest BCUT2D eigenvalue weighted by molar-refractivity contribution is -0.131. The molecule has 0 N–H and O–H groups in total. The van der Waals surface area contributed by atoms with Crippen LogP contribution in [0.2, 0.25) is 0 Å². The Hall–Kier alpha value is -2.81. The third-order valence-electron chi connectivity index (χ3n) is 7.50. The normalized spacial score (nSPS) is 22.7. The smallest absolute Gasteiger partial charge is 0.291 e. The second-order valence-corrected chi connectivity index (χ2v) is 10.1. The van der Waals surface area contributed by atoms with Crippen LogP contribution >= 0.6 is 0 Å². The van der Waals surface area contributed by atoms with Gasteiger partial charge in [0.15, 0.2) is 0 Å². The molecule has 3 aromatic rings. The second-order valence-electron chi connectivity index (χ2n) is 10.1. The molecule has 4 heterocycles. The van der Waals surface area contributed by atoms with Gasteiger partial charge < -0.3 is 9.42 Å². The molecule has 2 aromatic heterocycles. The molecule has 182 valence electrons. The Morgan fingerprint density at radius 2 is 1.94 bits per heavy atom. The van der Waals surface area contributed by atoms with Gasteiger partial charge in [0.2, 0.25) is 11.8 Å². The van der Waals surface area contributed by atoms with Crippen molar-refractivity contribution in [3.63, 3.8) is 0 Å². The maximum absolute atomic E-state index is 14.7. The molecule has 0 spiro atoms. The number of halogens is 1. The van der Waals surface area contributed by atoms with E-state index in [0.717, 1.165) is 56.5 Å². The van der Waals surface area contributed by atoms with Crippen molar-refractivity contribution < 1.29 is 13.7 Å². The number of carbonyl (C=O) groups excluding carboxylic acids is 1. The van der Waals surface area contributed by atoms with Gasteiger partial charge in [0.05, 0.1) is 5.69 Å². The Balaban J connectivity index is 1.30. The van der Waals surface area contributed by atoms with Crippen LogP contribution in [0.25, 0.3) is 16.9 Å². The van der Waals surface area contributed by atoms with Crippen molar-refractivity contribution in [3.8, 4) is 5.95 Å². The fraction of sp³-hybridized carbons (Fsp3) is 0.600. The van der Waals surface area contributed by atoms with Crippen molar-refractivity contribution in [1.82, 2.24) is 29.7 Å². The minimum atomic E-state index is -0.346. The fourth-order valence-corrected chi connectivity index (χ4v) is 5.64. The minimum Gasteiger partial charge on any atom is -0.343 e. The minimum absolute atomic E-state index is 0.144. The zero-order valence-electron chi connectivity index (χ0n) is 20.4. The van der Waals surface area contributed by atoms with Crippen molar-refractivity contribution in [2.75, 3.05) is 26.2 Å². The van der Waals surface area contributed by atoms with E-state index in [4.69, 9.17) is 4.52 Å². The van der Waals surface area contributed by atoms with E-state index in [2.05, 4.69) is 27.1 Å². The molecular weight excluding hydrogens is 435 g/mol. The van der Waals surface area contributed by atoms with Crippen LogP contribution in [0.3, 0.4) is 0 Å². The van der Waals surface area contributed by atoms with Crippen molar-refractivity contribution in [1.29, 1.82) is 0 Å². The number of carbonyl (C=O) groups is 1. The van der Waals surface area contributed by atoms with Gasteiger partial charge in [0.1, 0.15) is 11.3 Å². The first-order valence-corrected chi connectivity index (χ1v) is 12.3. The maximum atomic E-state index is 14.7. The molecule has 5 rings (SSSR count). The number of piperidine rings is 2. The first-order valence-electron chi connectivity index (χ1n) is 12.3. The van der Waals surface area contributed by atoms with E-state index in [1.807, 2.05) is 24.8 Å². The van der Waals surface area contributed by atoms with Crippen molar-refractivity contribution in [2.24, 2.45) is 5.92 Å². The topological polar surface area (TPSA) is 80.3 Å². The average Bonchev–Trinajstić information content (AvgIpc) is 3.45. The summed E-state index contributed by atoms with van der Waals surface area (Å²) >= 11 is 0. The predicted molar refractivity (Wildman–Crippen MR) is 126 cm³/mol. The molecule has 1 amide bonds. The molecule has 2 saturated heterocycles. The van der Waals surface area contributed by atoms with E-state index in [1.54, 1.807) is 13.0 Å². The van der Waals surface area contributed by atoms with Crippen LogP contribution in [0.1, 0.15) is 70.4 Å². The highest BCUT2D eigenvalue weighted by atomic mass is 19.1. The van der Waals surface area contributed by atoms with Crippen molar-refractivity contribution in [2.45, 2.75) is 64.8 Å². The van der Waals surface area contributed by atoms with Gasteiger partial charge in [-0.1, -0.05) is 32.9 Å². The molecule has 2 aliphatic heterocycles. The van der Waals surface area contributed by atoms with Gasteiger partial charge in [-0.15, -0.1) is 0 Å². The number of aromatic nitrogens is 4. The summed E-state index contributed by atoms with van der Waals surface area (Å²) < 4.78 is 21.8. The summed E-state index contributed by atoms with van der Waals surface area (Å²) in [6.45, 7) is 11.6. The third kappa shape index (κ3) is 4.10. The number of nitrogens with zero attached hydrogens (tertiary/aromatic N) is 6. The average molecular weight is 469 g/mol. The molecule has 0 bridgehead atoms. The summed E-state index contributed by atoms with van der Waals surface area (Å²) in [5.41, 5.74) is 1.21. The first-order chi connectivity index (χ1) is 16.3. The Bertz CT molecular complexity index is 1180. The fourth-order valence-electron chi connectivity index (χ4n) is 5.64. The highest BCUT2D eigenvalue weighted by molar-refractivity contribution is 5.84. The number of rotatable bonds is 4. The SMILES string of the molecule is CC(=O)N1CCC(N2CCC(c3nc(-n4nc(C(C)C)c5cccc(F)c54)no3)CC2)C(C)C1. The van der Waals surface area contributed by atoms with Gasteiger partial charge in [-0.2, -0.15) is 14.8 Å². The standard InChI is InChI=1S/C25H33FN6O2/c1-15(2)22-19-6-5-7-20(26)23(19)32(28-22)25-27-24(34-29-25)18-8-11-30(12-9-18)21-10-13-31(17(4)33)14-16(21)3/h5-7,15-16,18,21H,8-14H2,1-4H3. The lowest BCUT2D eigenvalue weighted by Gasteiger charge is -2.44. The molecule has 0 saturated carbocycles. The Kier molecular flexibility index (Phi) is 6.14. The van der Waals surface area contributed by atoms with Gasteiger partial charge in [0.25, 0.3) is 5.95 Å². The lowest BCUT2D eigenvalue weighted by atomic mass is 9.88. The van der Waals surface area contributed by atoms with Crippen molar-refractivity contribution in [3.05, 3.63) is 35.6 Å². The van der Waals surface area contributed by atoms with Gasteiger partial charge in [0, 0.05) is 37.4 Å². The van der Waals surface area contributed by atoms with Crippen molar-refractivity contribution >= 4 is 16.8 Å². The van der Waals surface area contributed by atoms with Crippen LogP contribution in [0.5, 0.6) is 0 Å². The number of likely N-dealkylation sites (tertiary alicyclic amines) is 2. The van der Waals surface area contributed by atoms with Gasteiger partial charge in [-0.3, -0.25) is 9.69 Å². The quantitative estimate of drug-likeness (QED) is 0.573. The van der Waals surface area contributed by atoms with Crippen LogP contribution in [0.15, 0.2) is 22.7 Å². The molecule has 2 atom stereocenters. The molecule has 1 aromatic carbocycles. The van der Waals surface area contributed by atoms with E-state index in [0.29, 0.717) is 23.4 Å². The Morgan fingerprint density at radius 1 is 1.18 bits per heavy atom. The summed E-state index contributed by atoms with van der Waals surface area (Å²) in [5.74, 6) is 1.49. The van der Waals surface area contributed by atoms with Gasteiger partial charge in [-0.25, -0.2) is 4.39 Å². The maximum Gasteiger partial charge on any atom is 0.291 e. The largest absolute Gasteiger partial charge is 0.343 e. The van der Waals surface area contributed by atoms with Crippen LogP contribution in [0, 0.1) is 11.7 Å². The summed E-state index contributed by atoms with van der Waals surface area (Å²) in [6.07, 6.45) is 2.89. The van der Waals surface area contributed by atoms with E-state index in [-0.39, 0.29) is 29.5 Å². The molecule has 8 nitrogen and oxygen atoms in total. The molecule has 0 radical (unpaired) electrons. The second kappa shape index (κ2) is 9.09. The number of amides is 1. The number of hydrogen-bond acceptors (Lipinski definition) is 6. The van der Waals surface area contributed by atoms with Crippen LogP contribution in [-0.2, 0) is 4.79 Å². The molecule has 0 aliphatic carbocycles. The molecule has 2 unspecified atom stereocenters. The van der Waals surface area contributed by atoms with Crippen LogP contribution < -0.4 is 0 Å². The molecular formula is C25H33FN6O2. The Morgan fingerprint density at radius 3 is 2.62 bits per heavy atom. The summed E-state index contributed by atoms with van der Waals surface area (Å²) in [4.78, 5) is 20.9. The number of hydrogen-bond donors (Lipinski definition) is 0. The molecule has 2 fully saturated rings. The third-order valence-corrected chi connectivity index (χ3v) is 7.50. The molecule has 9 heteroatoms. The summed E-state index contributed by atoms with van der Waals surface area (Å²) in [6, 6.07) is 5.53. The highest BCUT2D eigenvalue weighted by Gasteiger charge is 2.35. The monoisotopic (exact) mass is 468 g/mol. The van der Waals surface area contributed by atoms with Crippen LogP contribution in [-0.4, -0.2) is 67.8 Å². The van der Waals surface area contributed by atoms with E-state index >= 15 is 0 Å². The predicted octanol–water partition coefficient (Wildman–Crippen LogP) is 4.11. The molecule has 2 aliphatic rings. The lowest BCUT2D eigenvalue weighted by Crippen LogP contribution is -2.52. The number of para-hydroxylation sites is 1. The molecule has 34 heavy (non-hydrogen) atoms. The summed E-state index contributed by atoms with van der Waals surface area (Å²) in [5, 5.41) is 9.58. The zero-order chi connectivity index (χ0) is 24.0. The zero-order valence-corrected chi connectivity index (χ0v) is 20.4. The number of fused-ring (bicyclic) bond motifs is 1. The first kappa shape index (κ1) is 23.0. The van der Waals surface area contributed by atoms with Gasteiger partial charge >= 0.3 is 0 Å².